The number of thiol groups is 1. The van der Waals surface area contributed by atoms with Crippen LogP contribution in [0.1, 0.15) is 25.3 Å². The first kappa shape index (κ1) is 29.5. The second-order valence-electron chi connectivity index (χ2n) is 8.51. The third kappa shape index (κ3) is 8.99. The smallest absolute Gasteiger partial charge is 0.326 e. The summed E-state index contributed by atoms with van der Waals surface area (Å²) in [6.45, 7) is 1.69. The van der Waals surface area contributed by atoms with E-state index >= 15 is 0 Å². The molecule has 0 fully saturated rings. The van der Waals surface area contributed by atoms with Crippen LogP contribution in [-0.4, -0.2) is 76.2 Å². The summed E-state index contributed by atoms with van der Waals surface area (Å²) in [6, 6.07) is 3.09. The molecule has 11 N–H and O–H groups in total. The number of fused-ring (bicyclic) bond motifs is 1. The van der Waals surface area contributed by atoms with Gasteiger partial charge >= 0.3 is 5.97 Å². The summed E-state index contributed by atoms with van der Waals surface area (Å²) in [6.07, 6.45) is 2.24. The van der Waals surface area contributed by atoms with E-state index in [9.17, 15) is 24.3 Å². The normalized spacial score (nSPS) is 14.1. The van der Waals surface area contributed by atoms with E-state index in [1.807, 2.05) is 24.3 Å². The SMILES string of the molecule is CC(N)C(=O)NC(CCCN=C(N)N)C(=O)NC(CS)C(=O)NC(Cc1c[nH]c2ccccc12)C(=O)O. The van der Waals surface area contributed by atoms with Crippen molar-refractivity contribution >= 4 is 53.2 Å². The van der Waals surface area contributed by atoms with Gasteiger partial charge in [0.05, 0.1) is 6.04 Å². The summed E-state index contributed by atoms with van der Waals surface area (Å²) in [5, 5.41) is 18.1. The highest BCUT2D eigenvalue weighted by Gasteiger charge is 2.29. The highest BCUT2D eigenvalue weighted by molar-refractivity contribution is 7.80. The second kappa shape index (κ2) is 14.1. The Hall–Kier alpha value is -3.78. The van der Waals surface area contributed by atoms with Crippen molar-refractivity contribution in [1.82, 2.24) is 20.9 Å². The van der Waals surface area contributed by atoms with Crippen molar-refractivity contribution in [1.29, 1.82) is 0 Å². The molecule has 0 aliphatic rings. The minimum Gasteiger partial charge on any atom is -0.480 e. The molecule has 1 aromatic heterocycles. The molecule has 0 saturated carbocycles. The van der Waals surface area contributed by atoms with Crippen LogP contribution in [0.3, 0.4) is 0 Å². The number of carbonyl (C=O) groups excluding carboxylic acids is 3. The highest BCUT2D eigenvalue weighted by atomic mass is 32.1. The van der Waals surface area contributed by atoms with Gasteiger partial charge in [0.2, 0.25) is 17.7 Å². The van der Waals surface area contributed by atoms with E-state index in [4.69, 9.17) is 17.2 Å². The lowest BCUT2D eigenvalue weighted by molar-refractivity contribution is -0.142. The molecule has 202 valence electrons. The standard InChI is InChI=1S/C23H34N8O5S/c1-12(24)19(32)29-16(7-4-8-27-23(25)26)20(33)31-18(11-37)21(34)30-17(22(35)36)9-13-10-28-15-6-3-2-5-14(13)15/h2-3,5-6,10,12,16-18,28,37H,4,7-9,11,24H2,1H3,(H,29,32)(H,30,34)(H,31,33)(H,35,36)(H4,25,26,27). The number of benzene rings is 1. The van der Waals surface area contributed by atoms with E-state index in [2.05, 4.69) is 38.6 Å². The number of carboxylic acids is 1. The number of para-hydroxylation sites is 1. The van der Waals surface area contributed by atoms with Crippen LogP contribution in [0.4, 0.5) is 0 Å². The van der Waals surface area contributed by atoms with E-state index in [-0.39, 0.29) is 31.1 Å². The van der Waals surface area contributed by atoms with E-state index in [0.717, 1.165) is 10.9 Å². The minimum atomic E-state index is -1.25. The van der Waals surface area contributed by atoms with Crippen molar-refractivity contribution in [2.45, 2.75) is 50.4 Å². The molecule has 0 saturated heterocycles. The van der Waals surface area contributed by atoms with Gasteiger partial charge in [-0.15, -0.1) is 0 Å². The number of aliphatic imine (C=N–C) groups is 1. The molecule has 37 heavy (non-hydrogen) atoms. The van der Waals surface area contributed by atoms with Crippen LogP contribution in [0.15, 0.2) is 35.5 Å². The number of rotatable bonds is 14. The minimum absolute atomic E-state index is 0.0240. The van der Waals surface area contributed by atoms with Crippen molar-refractivity contribution in [3.63, 3.8) is 0 Å². The number of aromatic nitrogens is 1. The van der Waals surface area contributed by atoms with Crippen molar-refractivity contribution in [3.8, 4) is 0 Å². The molecular formula is C23H34N8O5S. The summed E-state index contributed by atoms with van der Waals surface area (Å²) >= 11 is 4.14. The van der Waals surface area contributed by atoms with E-state index in [1.54, 1.807) is 6.20 Å². The molecule has 14 heteroatoms. The Kier molecular flexibility index (Phi) is 11.2. The number of hydrogen-bond donors (Lipinski definition) is 9. The Balaban J connectivity index is 2.08. The molecule has 3 amide bonds. The first-order valence-corrected chi connectivity index (χ1v) is 12.3. The lowest BCUT2D eigenvalue weighted by atomic mass is 10.0. The predicted molar refractivity (Wildman–Crippen MR) is 143 cm³/mol. The van der Waals surface area contributed by atoms with Crippen LogP contribution < -0.4 is 33.2 Å². The highest BCUT2D eigenvalue weighted by Crippen LogP contribution is 2.19. The predicted octanol–water partition coefficient (Wildman–Crippen LogP) is -1.42. The molecule has 2 aromatic rings. The number of aromatic amines is 1. The fourth-order valence-corrected chi connectivity index (χ4v) is 3.79. The van der Waals surface area contributed by atoms with E-state index in [1.165, 1.54) is 6.92 Å². The average molecular weight is 535 g/mol. The Morgan fingerprint density at radius 1 is 1.03 bits per heavy atom. The summed E-state index contributed by atoms with van der Waals surface area (Å²) in [5.74, 6) is -3.39. The number of nitrogens with two attached hydrogens (primary N) is 3. The van der Waals surface area contributed by atoms with Crippen LogP contribution in [0.25, 0.3) is 10.9 Å². The molecule has 1 aromatic carbocycles. The Morgan fingerprint density at radius 2 is 1.65 bits per heavy atom. The third-order valence-electron chi connectivity index (χ3n) is 5.52. The van der Waals surface area contributed by atoms with Gasteiger partial charge in [-0.2, -0.15) is 12.6 Å². The molecular weight excluding hydrogens is 500 g/mol. The summed E-state index contributed by atoms with van der Waals surface area (Å²) in [5.41, 5.74) is 17.8. The number of carbonyl (C=O) groups is 4. The maximum absolute atomic E-state index is 12.9. The van der Waals surface area contributed by atoms with Crippen molar-refractivity contribution in [2.75, 3.05) is 12.3 Å². The monoisotopic (exact) mass is 534 g/mol. The van der Waals surface area contributed by atoms with Crippen LogP contribution in [0.5, 0.6) is 0 Å². The summed E-state index contributed by atoms with van der Waals surface area (Å²) in [4.78, 5) is 56.8. The molecule has 0 aliphatic carbocycles. The van der Waals surface area contributed by atoms with Crippen molar-refractivity contribution in [2.24, 2.45) is 22.2 Å². The summed E-state index contributed by atoms with van der Waals surface area (Å²) < 4.78 is 0. The van der Waals surface area contributed by atoms with Crippen LogP contribution in [0, 0.1) is 0 Å². The van der Waals surface area contributed by atoms with Gasteiger partial charge in [0.25, 0.3) is 0 Å². The molecule has 13 nitrogen and oxygen atoms in total. The van der Waals surface area contributed by atoms with Gasteiger partial charge in [-0.25, -0.2) is 4.79 Å². The Morgan fingerprint density at radius 3 is 2.27 bits per heavy atom. The fourth-order valence-electron chi connectivity index (χ4n) is 3.53. The van der Waals surface area contributed by atoms with Crippen LogP contribution in [-0.2, 0) is 25.6 Å². The molecule has 4 unspecified atom stereocenters. The van der Waals surface area contributed by atoms with Crippen LogP contribution >= 0.6 is 12.6 Å². The van der Waals surface area contributed by atoms with Crippen molar-refractivity contribution in [3.05, 3.63) is 36.0 Å². The van der Waals surface area contributed by atoms with E-state index in [0.29, 0.717) is 12.0 Å². The first-order valence-electron chi connectivity index (χ1n) is 11.6. The number of H-pyrrole nitrogens is 1. The maximum Gasteiger partial charge on any atom is 0.326 e. The molecule has 0 spiro atoms. The zero-order valence-electron chi connectivity index (χ0n) is 20.4. The number of aliphatic carboxylic acids is 1. The molecule has 4 atom stereocenters. The molecule has 1 heterocycles. The maximum atomic E-state index is 12.9. The van der Waals surface area contributed by atoms with Gasteiger partial charge in [0, 0.05) is 35.8 Å². The molecule has 0 radical (unpaired) electrons. The molecule has 2 rings (SSSR count). The molecule has 0 bridgehead atoms. The van der Waals surface area contributed by atoms with Gasteiger partial charge in [-0.05, 0) is 31.4 Å². The first-order chi connectivity index (χ1) is 17.5. The third-order valence-corrected chi connectivity index (χ3v) is 5.89. The average Bonchev–Trinajstić information content (AvgIpc) is 3.26. The van der Waals surface area contributed by atoms with Crippen LogP contribution in [0.2, 0.25) is 0 Å². The van der Waals surface area contributed by atoms with Gasteiger partial charge in [0.15, 0.2) is 5.96 Å². The van der Waals surface area contributed by atoms with Gasteiger partial charge in [0.1, 0.15) is 18.1 Å². The quantitative estimate of drug-likeness (QED) is 0.0602. The van der Waals surface area contributed by atoms with Gasteiger partial charge in [-0.3, -0.25) is 19.4 Å². The van der Waals surface area contributed by atoms with E-state index < -0.39 is 47.9 Å². The summed E-state index contributed by atoms with van der Waals surface area (Å²) in [7, 11) is 0. The number of guanidine groups is 1. The number of amides is 3. The number of hydrogen-bond acceptors (Lipinski definition) is 7. The Bertz CT molecular complexity index is 1130. The number of nitrogens with zero attached hydrogens (tertiary/aromatic N) is 1. The second-order valence-corrected chi connectivity index (χ2v) is 8.87. The Labute approximate surface area is 219 Å². The fraction of sp³-hybridized carbons (Fsp3) is 0.435. The lowest BCUT2D eigenvalue weighted by Gasteiger charge is -2.24. The topological polar surface area (TPSA) is 231 Å². The van der Waals surface area contributed by atoms with Gasteiger partial charge in [-0.1, -0.05) is 18.2 Å². The van der Waals surface area contributed by atoms with Crippen molar-refractivity contribution < 1.29 is 24.3 Å². The molecule has 0 aliphatic heterocycles. The van der Waals surface area contributed by atoms with Gasteiger partial charge < -0.3 is 43.2 Å². The lowest BCUT2D eigenvalue weighted by Crippen LogP contribution is -2.57. The number of carboxylic acid groups (broad SMARTS) is 1. The number of nitrogens with one attached hydrogen (secondary N) is 4. The largest absolute Gasteiger partial charge is 0.480 e. The zero-order chi connectivity index (χ0) is 27.5. The zero-order valence-corrected chi connectivity index (χ0v) is 21.3.